The van der Waals surface area contributed by atoms with E-state index < -0.39 is 5.97 Å². The van der Waals surface area contributed by atoms with Crippen LogP contribution in [0.25, 0.3) is 11.1 Å². The Balaban J connectivity index is 1.49. The Morgan fingerprint density at radius 3 is 2.26 bits per heavy atom. The Hall–Kier alpha value is -2.87. The highest BCUT2D eigenvalue weighted by molar-refractivity contribution is 5.88. The highest BCUT2D eigenvalue weighted by Crippen LogP contribution is 2.45. The van der Waals surface area contributed by atoms with Crippen LogP contribution in [0.4, 0.5) is 0 Å². The van der Waals surface area contributed by atoms with E-state index in [0.29, 0.717) is 17.4 Å². The van der Waals surface area contributed by atoms with Gasteiger partial charge in [0.15, 0.2) is 0 Å². The maximum absolute atomic E-state index is 11.3. The molecule has 4 rings (SSSR count). The van der Waals surface area contributed by atoms with Gasteiger partial charge in [0.2, 0.25) is 0 Å². The molecule has 2 heteroatoms. The molecule has 0 aromatic heterocycles. The molecule has 0 saturated heterocycles. The molecule has 27 heavy (non-hydrogen) atoms. The quantitative estimate of drug-likeness (QED) is 0.600. The topological polar surface area (TPSA) is 37.3 Å². The van der Waals surface area contributed by atoms with Crippen LogP contribution < -0.4 is 0 Å². The predicted molar refractivity (Wildman–Crippen MR) is 109 cm³/mol. The smallest absolute Gasteiger partial charge is 0.335 e. The Bertz CT molecular complexity index is 942. The molecule has 0 radical (unpaired) electrons. The van der Waals surface area contributed by atoms with Gasteiger partial charge < -0.3 is 5.11 Å². The van der Waals surface area contributed by atoms with E-state index in [0.717, 1.165) is 12.8 Å². The molecule has 3 aromatic carbocycles. The van der Waals surface area contributed by atoms with Crippen LogP contribution in [0.5, 0.6) is 0 Å². The molecule has 2 atom stereocenters. The van der Waals surface area contributed by atoms with Crippen molar-refractivity contribution in [2.24, 2.45) is 5.92 Å². The van der Waals surface area contributed by atoms with E-state index in [4.69, 9.17) is 0 Å². The second-order valence-electron chi connectivity index (χ2n) is 7.59. The van der Waals surface area contributed by atoms with E-state index >= 15 is 0 Å². The standard InChI is InChI=1S/C25H24O2/c1-17-7-10-22(25(26)27)16-24(17)23-14-13-21(23)15-18-8-11-20(12-9-18)19-5-3-2-4-6-19/h2-12,16,21,23H,13-15H2,1H3,(H,26,27). The van der Waals surface area contributed by atoms with Crippen molar-refractivity contribution in [3.05, 3.63) is 95.1 Å². The summed E-state index contributed by atoms with van der Waals surface area (Å²) in [6, 6.07) is 24.8. The second kappa shape index (κ2) is 7.40. The number of aryl methyl sites for hydroxylation is 1. The third kappa shape index (κ3) is 3.66. The average Bonchev–Trinajstić information content (AvgIpc) is 2.68. The zero-order valence-electron chi connectivity index (χ0n) is 15.6. The third-order valence-corrected chi connectivity index (χ3v) is 5.90. The first-order chi connectivity index (χ1) is 13.1. The maximum Gasteiger partial charge on any atom is 0.335 e. The fraction of sp³-hybridized carbons (Fsp3) is 0.240. The van der Waals surface area contributed by atoms with Gasteiger partial charge >= 0.3 is 5.97 Å². The molecule has 1 aliphatic carbocycles. The first-order valence-corrected chi connectivity index (χ1v) is 9.60. The van der Waals surface area contributed by atoms with E-state index in [-0.39, 0.29) is 0 Å². The summed E-state index contributed by atoms with van der Waals surface area (Å²) >= 11 is 0. The molecule has 1 aliphatic rings. The van der Waals surface area contributed by atoms with E-state index in [9.17, 15) is 9.90 Å². The molecule has 2 nitrogen and oxygen atoms in total. The van der Waals surface area contributed by atoms with Crippen molar-refractivity contribution < 1.29 is 9.90 Å². The molecule has 136 valence electrons. The lowest BCUT2D eigenvalue weighted by molar-refractivity contribution is 0.0696. The SMILES string of the molecule is Cc1ccc(C(=O)O)cc1C1CCC1Cc1ccc(-c2ccccc2)cc1. The van der Waals surface area contributed by atoms with Crippen molar-refractivity contribution in [1.82, 2.24) is 0 Å². The van der Waals surface area contributed by atoms with Crippen molar-refractivity contribution in [3.63, 3.8) is 0 Å². The molecule has 3 aromatic rings. The summed E-state index contributed by atoms with van der Waals surface area (Å²) in [7, 11) is 0. The number of rotatable bonds is 5. The molecule has 1 fully saturated rings. The molecule has 0 amide bonds. The second-order valence-corrected chi connectivity index (χ2v) is 7.59. The van der Waals surface area contributed by atoms with E-state index in [1.807, 2.05) is 18.2 Å². The van der Waals surface area contributed by atoms with Crippen LogP contribution in [-0.2, 0) is 6.42 Å². The lowest BCUT2D eigenvalue weighted by Gasteiger charge is -2.38. The van der Waals surface area contributed by atoms with Crippen LogP contribution in [-0.4, -0.2) is 11.1 Å². The van der Waals surface area contributed by atoms with Gasteiger partial charge in [0, 0.05) is 0 Å². The molecule has 1 N–H and O–H groups in total. The monoisotopic (exact) mass is 356 g/mol. The average molecular weight is 356 g/mol. The summed E-state index contributed by atoms with van der Waals surface area (Å²) in [5, 5.41) is 9.29. The lowest BCUT2D eigenvalue weighted by atomic mass is 9.66. The fourth-order valence-corrected chi connectivity index (χ4v) is 4.16. The molecular formula is C25H24O2. The minimum Gasteiger partial charge on any atom is -0.478 e. The minimum atomic E-state index is -0.844. The van der Waals surface area contributed by atoms with Gasteiger partial charge in [0.05, 0.1) is 5.56 Å². The summed E-state index contributed by atoms with van der Waals surface area (Å²) in [6.45, 7) is 2.09. The van der Waals surface area contributed by atoms with Crippen LogP contribution in [0.2, 0.25) is 0 Å². The molecule has 0 aliphatic heterocycles. The molecule has 0 spiro atoms. The van der Waals surface area contributed by atoms with E-state index in [1.54, 1.807) is 6.07 Å². The summed E-state index contributed by atoms with van der Waals surface area (Å²) in [5.41, 5.74) is 6.66. The molecule has 0 bridgehead atoms. The zero-order chi connectivity index (χ0) is 18.8. The van der Waals surface area contributed by atoms with Crippen molar-refractivity contribution in [3.8, 4) is 11.1 Å². The first-order valence-electron chi connectivity index (χ1n) is 9.60. The summed E-state index contributed by atoms with van der Waals surface area (Å²) in [4.78, 5) is 11.3. The van der Waals surface area contributed by atoms with Gasteiger partial charge in [0.25, 0.3) is 0 Å². The zero-order valence-corrected chi connectivity index (χ0v) is 15.6. The Morgan fingerprint density at radius 2 is 1.63 bits per heavy atom. The third-order valence-electron chi connectivity index (χ3n) is 5.90. The fourth-order valence-electron chi connectivity index (χ4n) is 4.16. The van der Waals surface area contributed by atoms with Crippen LogP contribution in [0, 0.1) is 12.8 Å². The molecule has 1 saturated carbocycles. The Kier molecular flexibility index (Phi) is 4.81. The van der Waals surface area contributed by atoms with Gasteiger partial charge in [-0.3, -0.25) is 0 Å². The van der Waals surface area contributed by atoms with Gasteiger partial charge in [-0.25, -0.2) is 4.79 Å². The van der Waals surface area contributed by atoms with E-state index in [1.165, 1.54) is 34.2 Å². The number of carbonyl (C=O) groups is 1. The number of carboxylic acids is 1. The molecule has 2 unspecified atom stereocenters. The summed E-state index contributed by atoms with van der Waals surface area (Å²) in [6.07, 6.45) is 3.41. The van der Waals surface area contributed by atoms with Gasteiger partial charge in [-0.2, -0.15) is 0 Å². The number of carboxylic acid groups (broad SMARTS) is 1. The maximum atomic E-state index is 11.3. The highest BCUT2D eigenvalue weighted by atomic mass is 16.4. The van der Waals surface area contributed by atoms with Crippen molar-refractivity contribution in [2.45, 2.75) is 32.1 Å². The van der Waals surface area contributed by atoms with Gasteiger partial charge in [0.1, 0.15) is 0 Å². The summed E-state index contributed by atoms with van der Waals surface area (Å²) < 4.78 is 0. The van der Waals surface area contributed by atoms with Gasteiger partial charge in [-0.15, -0.1) is 0 Å². The van der Waals surface area contributed by atoms with Crippen LogP contribution >= 0.6 is 0 Å². The van der Waals surface area contributed by atoms with Crippen LogP contribution in [0.15, 0.2) is 72.8 Å². The van der Waals surface area contributed by atoms with Crippen LogP contribution in [0.3, 0.4) is 0 Å². The van der Waals surface area contributed by atoms with E-state index in [2.05, 4.69) is 55.5 Å². The number of hydrogen-bond acceptors (Lipinski definition) is 1. The Morgan fingerprint density at radius 1 is 0.926 bits per heavy atom. The largest absolute Gasteiger partial charge is 0.478 e. The predicted octanol–water partition coefficient (Wildman–Crippen LogP) is 6.10. The number of hydrogen-bond donors (Lipinski definition) is 1. The molecule has 0 heterocycles. The van der Waals surface area contributed by atoms with Gasteiger partial charge in [-0.1, -0.05) is 60.7 Å². The van der Waals surface area contributed by atoms with Crippen molar-refractivity contribution in [2.75, 3.05) is 0 Å². The molecular weight excluding hydrogens is 332 g/mol. The normalized spacial score (nSPS) is 18.7. The summed E-state index contributed by atoms with van der Waals surface area (Å²) in [5.74, 6) is 0.219. The minimum absolute atomic E-state index is 0.397. The van der Waals surface area contributed by atoms with Gasteiger partial charge in [-0.05, 0) is 78.0 Å². The number of benzene rings is 3. The number of aromatic carboxylic acids is 1. The van der Waals surface area contributed by atoms with Crippen molar-refractivity contribution >= 4 is 5.97 Å². The highest BCUT2D eigenvalue weighted by Gasteiger charge is 2.33. The first kappa shape index (κ1) is 17.5. The Labute approximate surface area is 160 Å². The van der Waals surface area contributed by atoms with Crippen molar-refractivity contribution in [1.29, 1.82) is 0 Å². The van der Waals surface area contributed by atoms with Crippen LogP contribution in [0.1, 0.15) is 45.8 Å². The lowest BCUT2D eigenvalue weighted by Crippen LogP contribution is -2.26.